The van der Waals surface area contributed by atoms with Gasteiger partial charge in [-0.05, 0) is 12.1 Å². The van der Waals surface area contributed by atoms with Crippen molar-refractivity contribution in [2.45, 2.75) is 0 Å². The van der Waals surface area contributed by atoms with Crippen LogP contribution in [0.3, 0.4) is 0 Å². The molecule has 126 valence electrons. The van der Waals surface area contributed by atoms with Crippen molar-refractivity contribution < 1.29 is 23.4 Å². The average Bonchev–Trinajstić information content (AvgIpc) is 2.55. The minimum atomic E-state index is -3.55. The molecular weight excluding hydrogens is 359 g/mol. The lowest BCUT2D eigenvalue weighted by atomic mass is 10.3. The molecule has 0 aromatic heterocycles. The molecule has 0 aliphatic carbocycles. The predicted molar refractivity (Wildman–Crippen MR) is 88.7 cm³/mol. The molecule has 9 nitrogen and oxygen atoms in total. The summed E-state index contributed by atoms with van der Waals surface area (Å²) in [7, 11) is 1.20. The third-order valence-electron chi connectivity index (χ3n) is 2.77. The summed E-state index contributed by atoms with van der Waals surface area (Å²) in [6, 6.07) is 11.1. The summed E-state index contributed by atoms with van der Waals surface area (Å²) in [5.41, 5.74) is -0.648. The molecule has 0 radical (unpaired) electrons. The van der Waals surface area contributed by atoms with E-state index in [0.717, 1.165) is 0 Å². The van der Waals surface area contributed by atoms with Crippen molar-refractivity contribution in [2.75, 3.05) is 7.11 Å². The van der Waals surface area contributed by atoms with Crippen LogP contribution in [0.5, 0.6) is 11.5 Å². The zero-order valence-electron chi connectivity index (χ0n) is 12.2. The van der Waals surface area contributed by atoms with E-state index in [4.69, 9.17) is 25.4 Å². The van der Waals surface area contributed by atoms with E-state index in [-0.39, 0.29) is 22.9 Å². The number of benzene rings is 2. The van der Waals surface area contributed by atoms with Gasteiger partial charge in [0.05, 0.1) is 9.85 Å². The van der Waals surface area contributed by atoms with Crippen LogP contribution in [0.2, 0.25) is 0 Å². The average molecular weight is 370 g/mol. The summed E-state index contributed by atoms with van der Waals surface area (Å²) < 4.78 is 15.9. The van der Waals surface area contributed by atoms with Gasteiger partial charge in [-0.15, -0.1) is 0 Å². The highest BCUT2D eigenvalue weighted by molar-refractivity contribution is 8.07. The summed E-state index contributed by atoms with van der Waals surface area (Å²) in [6.07, 6.45) is 0. The van der Waals surface area contributed by atoms with Crippen molar-refractivity contribution in [3.63, 3.8) is 0 Å². The smallest absolute Gasteiger partial charge is 0.408 e. The number of nitrogens with zero attached hydrogens (tertiary/aromatic N) is 2. The molecule has 0 aliphatic rings. The van der Waals surface area contributed by atoms with E-state index in [9.17, 15) is 20.2 Å². The van der Waals surface area contributed by atoms with E-state index in [0.29, 0.717) is 0 Å². The number of hydrogen-bond donors (Lipinski definition) is 0. The molecule has 24 heavy (non-hydrogen) atoms. The third-order valence-corrected chi connectivity index (χ3v) is 4.95. The topological polar surface area (TPSA) is 114 Å². The van der Waals surface area contributed by atoms with Gasteiger partial charge in [0.25, 0.3) is 0 Å². The fourth-order valence-electron chi connectivity index (χ4n) is 1.70. The van der Waals surface area contributed by atoms with Gasteiger partial charge < -0.3 is 9.05 Å². The van der Waals surface area contributed by atoms with Crippen LogP contribution in [0.15, 0.2) is 48.5 Å². The first kappa shape index (κ1) is 17.8. The van der Waals surface area contributed by atoms with Crippen LogP contribution in [0.4, 0.5) is 11.4 Å². The van der Waals surface area contributed by atoms with Gasteiger partial charge in [-0.2, -0.15) is 0 Å². The third kappa shape index (κ3) is 4.05. The van der Waals surface area contributed by atoms with E-state index >= 15 is 0 Å². The molecule has 0 aliphatic heterocycles. The highest BCUT2D eigenvalue weighted by atomic mass is 32.5. The van der Waals surface area contributed by atoms with Crippen molar-refractivity contribution in [2.24, 2.45) is 0 Å². The molecule has 0 bridgehead atoms. The van der Waals surface area contributed by atoms with Crippen LogP contribution in [0.1, 0.15) is 0 Å². The molecule has 0 N–H and O–H groups in total. The quantitative estimate of drug-likeness (QED) is 0.410. The van der Waals surface area contributed by atoms with E-state index in [2.05, 4.69) is 0 Å². The van der Waals surface area contributed by atoms with Crippen molar-refractivity contribution in [1.29, 1.82) is 0 Å². The number of nitro groups is 2. The molecule has 0 saturated heterocycles. The fourth-order valence-corrected chi connectivity index (χ4v) is 3.16. The van der Waals surface area contributed by atoms with Crippen molar-refractivity contribution in [1.82, 2.24) is 0 Å². The van der Waals surface area contributed by atoms with Crippen molar-refractivity contribution >= 4 is 29.9 Å². The summed E-state index contributed by atoms with van der Waals surface area (Å²) in [6.45, 7) is -3.55. The van der Waals surface area contributed by atoms with Crippen molar-refractivity contribution in [3.05, 3.63) is 68.8 Å². The second-order valence-corrected chi connectivity index (χ2v) is 7.23. The van der Waals surface area contributed by atoms with Crippen LogP contribution in [0.25, 0.3) is 0 Å². The van der Waals surface area contributed by atoms with Crippen LogP contribution in [-0.4, -0.2) is 17.0 Å². The minimum absolute atomic E-state index is 0.147. The Bertz CT molecular complexity index is 766. The van der Waals surface area contributed by atoms with Gasteiger partial charge in [-0.1, -0.05) is 24.3 Å². The maximum absolute atomic E-state index is 11.0. The van der Waals surface area contributed by atoms with E-state index < -0.39 is 16.6 Å². The Morgan fingerprint density at radius 3 is 1.58 bits per heavy atom. The molecule has 0 saturated carbocycles. The second-order valence-electron chi connectivity index (χ2n) is 4.26. The molecule has 0 heterocycles. The zero-order chi connectivity index (χ0) is 17.7. The standard InChI is InChI=1S/C13H11N2O7PS/c1-20-23(24,21-12-8-4-2-6-10(12)14(16)17)22-13-9-5-3-7-11(13)15(18)19/h2-9H,1H3. The van der Waals surface area contributed by atoms with Crippen LogP contribution >= 0.6 is 6.72 Å². The lowest BCUT2D eigenvalue weighted by Crippen LogP contribution is -2.05. The Labute approximate surface area is 141 Å². The van der Waals surface area contributed by atoms with Gasteiger partial charge in [0.1, 0.15) is 0 Å². The molecule has 0 unspecified atom stereocenters. The Balaban J connectivity index is 2.36. The fraction of sp³-hybridized carbons (Fsp3) is 0.0769. The largest absolute Gasteiger partial charge is 0.435 e. The molecule has 0 atom stereocenters. The van der Waals surface area contributed by atoms with E-state index in [1.165, 1.54) is 55.6 Å². The Morgan fingerprint density at radius 1 is 0.875 bits per heavy atom. The number of hydrogen-bond acceptors (Lipinski definition) is 8. The molecule has 0 spiro atoms. The molecule has 2 aromatic carbocycles. The zero-order valence-corrected chi connectivity index (χ0v) is 13.9. The highest BCUT2D eigenvalue weighted by Crippen LogP contribution is 2.52. The molecule has 0 fully saturated rings. The predicted octanol–water partition coefficient (Wildman–Crippen LogP) is 3.83. The van der Waals surface area contributed by atoms with Gasteiger partial charge >= 0.3 is 18.1 Å². The summed E-state index contributed by atoms with van der Waals surface area (Å²) in [5, 5.41) is 22.1. The van der Waals surface area contributed by atoms with Gasteiger partial charge in [0, 0.05) is 31.0 Å². The summed E-state index contributed by atoms with van der Waals surface area (Å²) in [4.78, 5) is 20.8. The van der Waals surface area contributed by atoms with Gasteiger partial charge in [-0.3, -0.25) is 24.8 Å². The van der Waals surface area contributed by atoms with Crippen LogP contribution < -0.4 is 9.05 Å². The molecular formula is C13H11N2O7PS. The molecule has 2 rings (SSSR count). The number of nitro benzene ring substituents is 2. The maximum atomic E-state index is 11.0. The SMILES string of the molecule is COP(=S)(Oc1ccccc1[N+](=O)[O-])Oc1ccccc1[N+](=O)[O-]. The minimum Gasteiger partial charge on any atom is -0.408 e. The normalized spacial score (nSPS) is 10.9. The molecule has 2 aromatic rings. The van der Waals surface area contributed by atoms with Crippen molar-refractivity contribution in [3.8, 4) is 11.5 Å². The molecule has 0 amide bonds. The molecule has 11 heteroatoms. The lowest BCUT2D eigenvalue weighted by molar-refractivity contribution is -0.385. The maximum Gasteiger partial charge on any atom is 0.435 e. The van der Waals surface area contributed by atoms with Gasteiger partial charge in [-0.25, -0.2) is 0 Å². The van der Waals surface area contributed by atoms with E-state index in [1.807, 2.05) is 0 Å². The lowest BCUT2D eigenvalue weighted by Gasteiger charge is -2.20. The first-order chi connectivity index (χ1) is 11.4. The highest BCUT2D eigenvalue weighted by Gasteiger charge is 2.29. The Morgan fingerprint density at radius 2 is 1.25 bits per heavy atom. The van der Waals surface area contributed by atoms with Gasteiger partial charge in [0.2, 0.25) is 11.5 Å². The van der Waals surface area contributed by atoms with E-state index in [1.54, 1.807) is 0 Å². The Kier molecular flexibility index (Phi) is 5.45. The monoisotopic (exact) mass is 370 g/mol. The first-order valence-corrected chi connectivity index (χ1v) is 8.94. The summed E-state index contributed by atoms with van der Waals surface area (Å²) >= 11 is 5.16. The Hall–Kier alpha value is -2.55. The van der Waals surface area contributed by atoms with Gasteiger partial charge in [0.15, 0.2) is 0 Å². The second kappa shape index (κ2) is 7.35. The number of rotatable bonds is 7. The number of para-hydroxylation sites is 4. The first-order valence-electron chi connectivity index (χ1n) is 6.38. The summed E-state index contributed by atoms with van der Waals surface area (Å²) in [5.74, 6) is -0.294. The van der Waals surface area contributed by atoms with Crippen LogP contribution in [0, 0.1) is 20.2 Å². The van der Waals surface area contributed by atoms with Crippen LogP contribution in [-0.2, 0) is 16.3 Å².